The van der Waals surface area contributed by atoms with Crippen LogP contribution in [0.3, 0.4) is 0 Å². The van der Waals surface area contributed by atoms with Gasteiger partial charge in [0.15, 0.2) is 0 Å². The Morgan fingerprint density at radius 2 is 2.12 bits per heavy atom. The second kappa shape index (κ2) is 5.54. The van der Waals surface area contributed by atoms with Gasteiger partial charge in [-0.1, -0.05) is 19.1 Å². The molecule has 1 aromatic rings. The standard InChI is InChI=1S/C13H18O3/c1-9-5-6-12(13(7-9)15-4)10(2)8-16-11(3)14/h5-7,10H,8H2,1-4H3/t10-/m1/s1. The fourth-order valence-corrected chi connectivity index (χ4v) is 1.56. The zero-order valence-electron chi connectivity index (χ0n) is 10.2. The summed E-state index contributed by atoms with van der Waals surface area (Å²) < 4.78 is 10.3. The molecular formula is C13H18O3. The third-order valence-electron chi connectivity index (χ3n) is 2.46. The predicted molar refractivity (Wildman–Crippen MR) is 62.8 cm³/mol. The van der Waals surface area contributed by atoms with E-state index in [9.17, 15) is 4.79 Å². The summed E-state index contributed by atoms with van der Waals surface area (Å²) in [5, 5.41) is 0. The minimum absolute atomic E-state index is 0.138. The highest BCUT2D eigenvalue weighted by Crippen LogP contribution is 2.27. The van der Waals surface area contributed by atoms with Crippen molar-refractivity contribution in [1.82, 2.24) is 0 Å². The van der Waals surface area contributed by atoms with Gasteiger partial charge in [0, 0.05) is 18.4 Å². The van der Waals surface area contributed by atoms with E-state index in [1.807, 2.05) is 32.0 Å². The molecule has 88 valence electrons. The quantitative estimate of drug-likeness (QED) is 0.735. The van der Waals surface area contributed by atoms with Gasteiger partial charge in [-0.2, -0.15) is 0 Å². The van der Waals surface area contributed by atoms with Gasteiger partial charge in [0.25, 0.3) is 0 Å². The highest BCUT2D eigenvalue weighted by Gasteiger charge is 2.12. The third-order valence-corrected chi connectivity index (χ3v) is 2.46. The van der Waals surface area contributed by atoms with Crippen LogP contribution in [0.4, 0.5) is 0 Å². The van der Waals surface area contributed by atoms with Gasteiger partial charge in [-0.3, -0.25) is 4.79 Å². The van der Waals surface area contributed by atoms with Crippen LogP contribution in [-0.4, -0.2) is 19.7 Å². The monoisotopic (exact) mass is 222 g/mol. The molecule has 0 unspecified atom stereocenters. The Morgan fingerprint density at radius 3 is 2.69 bits per heavy atom. The maximum atomic E-state index is 10.7. The number of carbonyl (C=O) groups is 1. The zero-order valence-corrected chi connectivity index (χ0v) is 10.2. The zero-order chi connectivity index (χ0) is 12.1. The Morgan fingerprint density at radius 1 is 1.44 bits per heavy atom. The van der Waals surface area contributed by atoms with Crippen molar-refractivity contribution in [3.05, 3.63) is 29.3 Å². The summed E-state index contributed by atoms with van der Waals surface area (Å²) in [7, 11) is 1.65. The summed E-state index contributed by atoms with van der Waals surface area (Å²) in [6.07, 6.45) is 0. The van der Waals surface area contributed by atoms with Gasteiger partial charge in [-0.25, -0.2) is 0 Å². The molecule has 3 heteroatoms. The fraction of sp³-hybridized carbons (Fsp3) is 0.462. The van der Waals surface area contributed by atoms with Crippen LogP contribution in [-0.2, 0) is 9.53 Å². The number of hydrogen-bond acceptors (Lipinski definition) is 3. The van der Waals surface area contributed by atoms with Crippen molar-refractivity contribution in [2.24, 2.45) is 0 Å². The van der Waals surface area contributed by atoms with Crippen molar-refractivity contribution in [2.45, 2.75) is 26.7 Å². The number of rotatable bonds is 4. The van der Waals surface area contributed by atoms with Crippen molar-refractivity contribution in [3.8, 4) is 5.75 Å². The van der Waals surface area contributed by atoms with E-state index in [2.05, 4.69) is 0 Å². The number of ether oxygens (including phenoxy) is 2. The van der Waals surface area contributed by atoms with E-state index in [0.29, 0.717) is 6.61 Å². The molecule has 0 aliphatic carbocycles. The number of hydrogen-bond donors (Lipinski definition) is 0. The van der Waals surface area contributed by atoms with Crippen LogP contribution in [0.1, 0.15) is 30.9 Å². The van der Waals surface area contributed by atoms with E-state index in [-0.39, 0.29) is 11.9 Å². The number of benzene rings is 1. The Labute approximate surface area is 96.4 Å². The van der Waals surface area contributed by atoms with Crippen molar-refractivity contribution in [3.63, 3.8) is 0 Å². The van der Waals surface area contributed by atoms with Crippen LogP contribution in [0.2, 0.25) is 0 Å². The van der Waals surface area contributed by atoms with Gasteiger partial charge in [-0.15, -0.1) is 0 Å². The first-order chi connectivity index (χ1) is 7.54. The highest BCUT2D eigenvalue weighted by molar-refractivity contribution is 5.66. The lowest BCUT2D eigenvalue weighted by Gasteiger charge is -2.15. The molecule has 16 heavy (non-hydrogen) atoms. The van der Waals surface area contributed by atoms with E-state index in [1.54, 1.807) is 7.11 Å². The van der Waals surface area contributed by atoms with Gasteiger partial charge < -0.3 is 9.47 Å². The number of carbonyl (C=O) groups excluding carboxylic acids is 1. The van der Waals surface area contributed by atoms with Crippen molar-refractivity contribution < 1.29 is 14.3 Å². The SMILES string of the molecule is COc1cc(C)ccc1[C@H](C)COC(C)=O. The molecule has 0 fully saturated rings. The first-order valence-electron chi connectivity index (χ1n) is 5.32. The smallest absolute Gasteiger partial charge is 0.302 e. The molecular weight excluding hydrogens is 204 g/mol. The molecule has 1 aromatic carbocycles. The molecule has 0 spiro atoms. The summed E-state index contributed by atoms with van der Waals surface area (Å²) in [5.41, 5.74) is 2.22. The second-order valence-electron chi connectivity index (χ2n) is 3.95. The van der Waals surface area contributed by atoms with Crippen molar-refractivity contribution in [1.29, 1.82) is 0 Å². The van der Waals surface area contributed by atoms with Crippen LogP contribution in [0.5, 0.6) is 5.75 Å². The minimum Gasteiger partial charge on any atom is -0.496 e. The van der Waals surface area contributed by atoms with Gasteiger partial charge in [0.1, 0.15) is 5.75 Å². The highest BCUT2D eigenvalue weighted by atomic mass is 16.5. The van der Waals surface area contributed by atoms with Crippen LogP contribution >= 0.6 is 0 Å². The van der Waals surface area contributed by atoms with E-state index in [4.69, 9.17) is 9.47 Å². The van der Waals surface area contributed by atoms with Crippen LogP contribution in [0.15, 0.2) is 18.2 Å². The normalized spacial score (nSPS) is 12.0. The van der Waals surface area contributed by atoms with E-state index in [1.165, 1.54) is 6.92 Å². The molecule has 0 radical (unpaired) electrons. The predicted octanol–water partition coefficient (Wildman–Crippen LogP) is 2.67. The maximum Gasteiger partial charge on any atom is 0.302 e. The van der Waals surface area contributed by atoms with Gasteiger partial charge in [-0.05, 0) is 18.6 Å². The average molecular weight is 222 g/mol. The maximum absolute atomic E-state index is 10.7. The molecule has 0 N–H and O–H groups in total. The topological polar surface area (TPSA) is 35.5 Å². The van der Waals surface area contributed by atoms with Crippen molar-refractivity contribution >= 4 is 5.97 Å². The molecule has 1 atom stereocenters. The molecule has 0 saturated heterocycles. The Hall–Kier alpha value is -1.51. The summed E-state index contributed by atoms with van der Waals surface area (Å²) in [6, 6.07) is 6.03. The van der Waals surface area contributed by atoms with E-state index in [0.717, 1.165) is 16.9 Å². The Bertz CT molecular complexity index is 371. The first kappa shape index (κ1) is 12.6. The van der Waals surface area contributed by atoms with Gasteiger partial charge in [0.2, 0.25) is 0 Å². The molecule has 0 aromatic heterocycles. The molecule has 1 rings (SSSR count). The molecule has 0 heterocycles. The van der Waals surface area contributed by atoms with E-state index >= 15 is 0 Å². The number of esters is 1. The van der Waals surface area contributed by atoms with Crippen LogP contribution in [0, 0.1) is 6.92 Å². The van der Waals surface area contributed by atoms with Gasteiger partial charge >= 0.3 is 5.97 Å². The first-order valence-corrected chi connectivity index (χ1v) is 5.32. The molecule has 0 saturated carbocycles. The minimum atomic E-state index is -0.252. The van der Waals surface area contributed by atoms with E-state index < -0.39 is 0 Å². The molecule has 3 nitrogen and oxygen atoms in total. The Balaban J connectivity index is 2.81. The second-order valence-corrected chi connectivity index (χ2v) is 3.95. The number of methoxy groups -OCH3 is 1. The summed E-state index contributed by atoms with van der Waals surface area (Å²) in [5.74, 6) is 0.733. The summed E-state index contributed by atoms with van der Waals surface area (Å²) in [6.45, 7) is 5.83. The van der Waals surface area contributed by atoms with Gasteiger partial charge in [0.05, 0.1) is 13.7 Å². The largest absolute Gasteiger partial charge is 0.496 e. The average Bonchev–Trinajstić information content (AvgIpc) is 2.25. The lowest BCUT2D eigenvalue weighted by Crippen LogP contribution is -2.09. The third kappa shape index (κ3) is 3.26. The van der Waals surface area contributed by atoms with Crippen molar-refractivity contribution in [2.75, 3.05) is 13.7 Å². The molecule has 0 aliphatic rings. The molecule has 0 amide bonds. The van der Waals surface area contributed by atoms with Crippen LogP contribution in [0.25, 0.3) is 0 Å². The lowest BCUT2D eigenvalue weighted by atomic mass is 9.99. The molecule has 0 bridgehead atoms. The Kier molecular flexibility index (Phi) is 4.35. The summed E-state index contributed by atoms with van der Waals surface area (Å²) >= 11 is 0. The van der Waals surface area contributed by atoms with Crippen LogP contribution < -0.4 is 4.74 Å². The lowest BCUT2D eigenvalue weighted by molar-refractivity contribution is -0.141. The summed E-state index contributed by atoms with van der Waals surface area (Å²) in [4.78, 5) is 10.7. The molecule has 0 aliphatic heterocycles. The number of aryl methyl sites for hydroxylation is 1. The fourth-order valence-electron chi connectivity index (χ4n) is 1.56.